The van der Waals surface area contributed by atoms with Crippen LogP contribution in [0.2, 0.25) is 0 Å². The number of aliphatic hydroxyl groups is 2. The van der Waals surface area contributed by atoms with Gasteiger partial charge in [-0.1, -0.05) is 6.07 Å². The molecule has 0 aliphatic heterocycles. The van der Waals surface area contributed by atoms with Crippen LogP contribution in [0.25, 0.3) is 5.65 Å². The molecule has 0 radical (unpaired) electrons. The highest BCUT2D eigenvalue weighted by Crippen LogP contribution is 2.23. The van der Waals surface area contributed by atoms with Gasteiger partial charge in [0, 0.05) is 19.3 Å². The SMILES string of the molecule is Nc1nc2ccccn2c1S(=O)(=O)N(CCO)CCO. The Balaban J connectivity index is 2.58. The predicted octanol–water partition coefficient (Wildman–Crippen LogP) is -1.11. The Hall–Kier alpha value is -1.68. The molecule has 2 aromatic heterocycles. The Kier molecular flexibility index (Phi) is 4.23. The first-order valence-electron chi connectivity index (χ1n) is 5.96. The number of imidazole rings is 1. The maximum Gasteiger partial charge on any atom is 0.263 e. The van der Waals surface area contributed by atoms with Crippen molar-refractivity contribution in [1.29, 1.82) is 0 Å². The number of sulfonamides is 1. The normalized spacial score (nSPS) is 12.3. The average Bonchev–Trinajstić information content (AvgIpc) is 2.74. The molecule has 0 aliphatic rings. The molecule has 20 heavy (non-hydrogen) atoms. The first-order valence-corrected chi connectivity index (χ1v) is 7.40. The van der Waals surface area contributed by atoms with E-state index in [9.17, 15) is 8.42 Å². The standard InChI is InChI=1S/C11H16N4O4S/c12-10-11(15-4-2-1-3-9(15)13-10)20(18,19)14(5-7-16)6-8-17/h1-4,16-17H,5-8,12H2. The zero-order valence-corrected chi connectivity index (χ0v) is 11.5. The fourth-order valence-electron chi connectivity index (χ4n) is 1.95. The van der Waals surface area contributed by atoms with Crippen LogP contribution in [0.1, 0.15) is 0 Å². The van der Waals surface area contributed by atoms with Gasteiger partial charge in [0.25, 0.3) is 10.0 Å². The van der Waals surface area contributed by atoms with Crippen molar-refractivity contribution in [2.75, 3.05) is 32.0 Å². The number of fused-ring (bicyclic) bond motifs is 1. The number of anilines is 1. The number of aliphatic hydroxyl groups excluding tert-OH is 2. The quantitative estimate of drug-likeness (QED) is 0.622. The van der Waals surface area contributed by atoms with Gasteiger partial charge in [-0.05, 0) is 12.1 Å². The predicted molar refractivity (Wildman–Crippen MR) is 72.5 cm³/mol. The third-order valence-corrected chi connectivity index (χ3v) is 4.73. The number of nitrogens with zero attached hydrogens (tertiary/aromatic N) is 3. The number of pyridine rings is 1. The van der Waals surface area contributed by atoms with E-state index < -0.39 is 10.0 Å². The van der Waals surface area contributed by atoms with Crippen LogP contribution < -0.4 is 5.73 Å². The number of aromatic nitrogens is 2. The van der Waals surface area contributed by atoms with Crippen molar-refractivity contribution in [3.63, 3.8) is 0 Å². The van der Waals surface area contributed by atoms with Crippen LogP contribution in [0.3, 0.4) is 0 Å². The van der Waals surface area contributed by atoms with Gasteiger partial charge in [0.2, 0.25) is 0 Å². The van der Waals surface area contributed by atoms with E-state index in [4.69, 9.17) is 15.9 Å². The van der Waals surface area contributed by atoms with Crippen molar-refractivity contribution in [3.8, 4) is 0 Å². The zero-order chi connectivity index (χ0) is 14.8. The lowest BCUT2D eigenvalue weighted by molar-refractivity contribution is 0.217. The molecule has 0 aromatic carbocycles. The summed E-state index contributed by atoms with van der Waals surface area (Å²) in [6.07, 6.45) is 1.54. The Bertz CT molecular complexity index is 692. The van der Waals surface area contributed by atoms with Gasteiger partial charge in [0.15, 0.2) is 10.8 Å². The molecule has 4 N–H and O–H groups in total. The van der Waals surface area contributed by atoms with Crippen LogP contribution in [-0.2, 0) is 10.0 Å². The van der Waals surface area contributed by atoms with E-state index >= 15 is 0 Å². The minimum absolute atomic E-state index is 0.114. The lowest BCUT2D eigenvalue weighted by Gasteiger charge is -2.20. The van der Waals surface area contributed by atoms with Crippen LogP contribution in [-0.4, -0.2) is 58.6 Å². The van der Waals surface area contributed by atoms with Gasteiger partial charge in [-0.25, -0.2) is 13.4 Å². The molecular weight excluding hydrogens is 284 g/mol. The maximum absolute atomic E-state index is 12.6. The summed E-state index contributed by atoms with van der Waals surface area (Å²) in [5.74, 6) is -0.114. The largest absolute Gasteiger partial charge is 0.395 e. The highest BCUT2D eigenvalue weighted by molar-refractivity contribution is 7.89. The molecule has 0 spiro atoms. The van der Waals surface area contributed by atoms with Crippen molar-refractivity contribution >= 4 is 21.5 Å². The lowest BCUT2D eigenvalue weighted by Crippen LogP contribution is -2.36. The number of nitrogen functional groups attached to an aromatic ring is 1. The summed E-state index contributed by atoms with van der Waals surface area (Å²) in [5, 5.41) is 17.8. The third kappa shape index (κ3) is 2.48. The second-order valence-electron chi connectivity index (χ2n) is 4.08. The summed E-state index contributed by atoms with van der Waals surface area (Å²) in [6, 6.07) is 5.02. The third-order valence-electron chi connectivity index (χ3n) is 2.79. The topological polar surface area (TPSA) is 121 Å². The highest BCUT2D eigenvalue weighted by atomic mass is 32.2. The molecular formula is C11H16N4O4S. The van der Waals surface area contributed by atoms with E-state index in [2.05, 4.69) is 4.98 Å². The zero-order valence-electron chi connectivity index (χ0n) is 10.7. The van der Waals surface area contributed by atoms with Crippen LogP contribution in [0, 0.1) is 0 Å². The van der Waals surface area contributed by atoms with Crippen molar-refractivity contribution in [3.05, 3.63) is 24.4 Å². The number of rotatable bonds is 6. The molecule has 0 saturated heterocycles. The summed E-state index contributed by atoms with van der Waals surface area (Å²) in [7, 11) is -3.95. The molecule has 2 aromatic rings. The van der Waals surface area contributed by atoms with E-state index in [1.807, 2.05) is 0 Å². The van der Waals surface area contributed by atoms with Crippen LogP contribution in [0.5, 0.6) is 0 Å². The molecule has 9 heteroatoms. The minimum Gasteiger partial charge on any atom is -0.395 e. The van der Waals surface area contributed by atoms with Gasteiger partial charge in [-0.2, -0.15) is 4.31 Å². The van der Waals surface area contributed by atoms with E-state index in [1.165, 1.54) is 4.40 Å². The summed E-state index contributed by atoms with van der Waals surface area (Å²) >= 11 is 0. The Morgan fingerprint density at radius 2 is 1.90 bits per heavy atom. The molecule has 0 aliphatic carbocycles. The van der Waals surface area contributed by atoms with Gasteiger partial charge in [-0.15, -0.1) is 0 Å². The van der Waals surface area contributed by atoms with Gasteiger partial charge >= 0.3 is 0 Å². The van der Waals surface area contributed by atoms with Crippen molar-refractivity contribution < 1.29 is 18.6 Å². The van der Waals surface area contributed by atoms with E-state index in [-0.39, 0.29) is 37.1 Å². The molecule has 0 amide bonds. The van der Waals surface area contributed by atoms with Crippen molar-refractivity contribution in [2.24, 2.45) is 0 Å². The Labute approximate surface area is 116 Å². The average molecular weight is 300 g/mol. The maximum atomic E-state index is 12.6. The van der Waals surface area contributed by atoms with E-state index in [0.717, 1.165) is 4.31 Å². The van der Waals surface area contributed by atoms with Crippen LogP contribution in [0.15, 0.2) is 29.4 Å². The molecule has 2 rings (SSSR count). The molecule has 0 atom stereocenters. The van der Waals surface area contributed by atoms with Crippen LogP contribution in [0.4, 0.5) is 5.82 Å². The molecule has 0 fully saturated rings. The summed E-state index contributed by atoms with van der Waals surface area (Å²) < 4.78 is 27.5. The second kappa shape index (κ2) is 5.75. The van der Waals surface area contributed by atoms with Gasteiger partial charge in [0.05, 0.1) is 13.2 Å². The smallest absolute Gasteiger partial charge is 0.263 e. The van der Waals surface area contributed by atoms with Gasteiger partial charge in [-0.3, -0.25) is 4.40 Å². The van der Waals surface area contributed by atoms with Crippen molar-refractivity contribution in [1.82, 2.24) is 13.7 Å². The number of nitrogens with two attached hydrogens (primary N) is 1. The fourth-order valence-corrected chi connectivity index (χ4v) is 3.55. The summed E-state index contributed by atoms with van der Waals surface area (Å²) in [4.78, 5) is 3.99. The minimum atomic E-state index is -3.95. The van der Waals surface area contributed by atoms with E-state index in [0.29, 0.717) is 5.65 Å². The number of hydrogen-bond acceptors (Lipinski definition) is 6. The van der Waals surface area contributed by atoms with Crippen molar-refractivity contribution in [2.45, 2.75) is 5.03 Å². The fraction of sp³-hybridized carbons (Fsp3) is 0.364. The summed E-state index contributed by atoms with van der Waals surface area (Å²) in [6.45, 7) is -0.948. The highest BCUT2D eigenvalue weighted by Gasteiger charge is 2.30. The van der Waals surface area contributed by atoms with E-state index in [1.54, 1.807) is 24.4 Å². The number of hydrogen-bond donors (Lipinski definition) is 3. The molecule has 110 valence electrons. The summed E-state index contributed by atoms with van der Waals surface area (Å²) in [5.41, 5.74) is 6.12. The molecule has 2 heterocycles. The molecule has 0 unspecified atom stereocenters. The molecule has 0 bridgehead atoms. The second-order valence-corrected chi connectivity index (χ2v) is 5.94. The Morgan fingerprint density at radius 3 is 2.50 bits per heavy atom. The lowest BCUT2D eigenvalue weighted by atomic mass is 10.5. The van der Waals surface area contributed by atoms with Crippen LogP contribution >= 0.6 is 0 Å². The first-order chi connectivity index (χ1) is 9.52. The Morgan fingerprint density at radius 1 is 1.25 bits per heavy atom. The molecule has 0 saturated carbocycles. The van der Waals surface area contributed by atoms with Gasteiger partial charge < -0.3 is 15.9 Å². The first kappa shape index (κ1) is 14.7. The van der Waals surface area contributed by atoms with Gasteiger partial charge in [0.1, 0.15) is 5.65 Å². The monoisotopic (exact) mass is 300 g/mol. The molecule has 8 nitrogen and oxygen atoms in total.